The summed E-state index contributed by atoms with van der Waals surface area (Å²) >= 11 is 0. The smallest absolute Gasteiger partial charge is 0.261 e. The zero-order valence-corrected chi connectivity index (χ0v) is 17.8. The Bertz CT molecular complexity index is 1200. The highest BCUT2D eigenvalue weighted by Crippen LogP contribution is 2.30. The predicted molar refractivity (Wildman–Crippen MR) is 117 cm³/mol. The molecule has 4 rings (SSSR count). The average Bonchev–Trinajstić information content (AvgIpc) is 2.79. The molecule has 1 aliphatic heterocycles. The molecular weight excluding hydrogens is 435 g/mol. The van der Waals surface area contributed by atoms with E-state index in [9.17, 15) is 17.6 Å². The summed E-state index contributed by atoms with van der Waals surface area (Å²) in [6.07, 6.45) is -0.146. The number of rotatable bonds is 7. The van der Waals surface area contributed by atoms with E-state index in [-0.39, 0.29) is 23.3 Å². The number of benzene rings is 3. The Morgan fingerprint density at radius 3 is 2.38 bits per heavy atom. The Balaban J connectivity index is 1.28. The monoisotopic (exact) mass is 456 g/mol. The lowest BCUT2D eigenvalue weighted by atomic mass is 10.1. The van der Waals surface area contributed by atoms with E-state index in [4.69, 9.17) is 9.47 Å². The minimum atomic E-state index is -3.83. The van der Waals surface area contributed by atoms with Gasteiger partial charge in [0.15, 0.2) is 11.5 Å². The second-order valence-corrected chi connectivity index (χ2v) is 8.92. The van der Waals surface area contributed by atoms with Gasteiger partial charge in [-0.2, -0.15) is 0 Å². The molecule has 1 aliphatic rings. The molecule has 7 nitrogen and oxygen atoms in total. The maximum Gasteiger partial charge on any atom is 0.261 e. The SMILES string of the molecule is O=C(Cc1ccc(NS(=O)(=O)c2ccc(F)cc2)cc1)NC[C@H]1COc2ccccc2O1. The van der Waals surface area contributed by atoms with Crippen LogP contribution < -0.4 is 19.5 Å². The summed E-state index contributed by atoms with van der Waals surface area (Å²) in [6.45, 7) is 0.656. The van der Waals surface area contributed by atoms with Gasteiger partial charge in [-0.05, 0) is 54.1 Å². The van der Waals surface area contributed by atoms with Gasteiger partial charge in [-0.25, -0.2) is 12.8 Å². The molecule has 0 fully saturated rings. The molecule has 0 aliphatic carbocycles. The maximum atomic E-state index is 13.0. The van der Waals surface area contributed by atoms with Gasteiger partial charge in [0, 0.05) is 5.69 Å². The number of ether oxygens (including phenoxy) is 2. The number of nitrogens with one attached hydrogen (secondary N) is 2. The van der Waals surface area contributed by atoms with Gasteiger partial charge >= 0.3 is 0 Å². The number of hydrogen-bond acceptors (Lipinski definition) is 5. The minimum absolute atomic E-state index is 0.0427. The van der Waals surface area contributed by atoms with Crippen molar-refractivity contribution in [2.24, 2.45) is 0 Å². The van der Waals surface area contributed by atoms with Crippen LogP contribution in [0.25, 0.3) is 0 Å². The number of carbonyl (C=O) groups excluding carboxylic acids is 1. The van der Waals surface area contributed by atoms with Gasteiger partial charge in [0.25, 0.3) is 10.0 Å². The molecule has 0 spiro atoms. The van der Waals surface area contributed by atoms with Gasteiger partial charge < -0.3 is 14.8 Å². The summed E-state index contributed by atoms with van der Waals surface area (Å²) in [5.74, 6) is 0.632. The van der Waals surface area contributed by atoms with E-state index >= 15 is 0 Å². The molecule has 0 saturated heterocycles. The third-order valence-corrected chi connectivity index (χ3v) is 6.19. The molecule has 0 radical (unpaired) electrons. The lowest BCUT2D eigenvalue weighted by Crippen LogP contribution is -2.41. The van der Waals surface area contributed by atoms with Crippen LogP contribution in [0.3, 0.4) is 0 Å². The molecule has 0 saturated carbocycles. The Morgan fingerprint density at radius 1 is 0.969 bits per heavy atom. The predicted octanol–water partition coefficient (Wildman–Crippen LogP) is 3.13. The second kappa shape index (κ2) is 9.27. The average molecular weight is 456 g/mol. The van der Waals surface area contributed by atoms with Gasteiger partial charge in [0.2, 0.25) is 5.91 Å². The molecule has 1 amide bonds. The summed E-state index contributed by atoms with van der Waals surface area (Å²) in [5.41, 5.74) is 1.06. The molecule has 0 bridgehead atoms. The van der Waals surface area contributed by atoms with E-state index in [1.807, 2.05) is 24.3 Å². The second-order valence-electron chi connectivity index (χ2n) is 7.23. The zero-order valence-electron chi connectivity index (χ0n) is 17.0. The number of hydrogen-bond donors (Lipinski definition) is 2. The molecule has 1 heterocycles. The first-order valence-electron chi connectivity index (χ1n) is 9.91. The van der Waals surface area contributed by atoms with Crippen LogP contribution in [0.4, 0.5) is 10.1 Å². The normalized spacial score (nSPS) is 15.1. The van der Waals surface area contributed by atoms with Gasteiger partial charge in [-0.1, -0.05) is 24.3 Å². The maximum absolute atomic E-state index is 13.0. The van der Waals surface area contributed by atoms with Crippen molar-refractivity contribution in [1.82, 2.24) is 5.32 Å². The van der Waals surface area contributed by atoms with Crippen molar-refractivity contribution >= 4 is 21.6 Å². The van der Waals surface area contributed by atoms with Crippen LogP contribution in [0.1, 0.15) is 5.56 Å². The van der Waals surface area contributed by atoms with E-state index in [1.165, 1.54) is 12.1 Å². The minimum Gasteiger partial charge on any atom is -0.486 e. The fourth-order valence-electron chi connectivity index (χ4n) is 3.16. The zero-order chi connectivity index (χ0) is 22.6. The van der Waals surface area contributed by atoms with E-state index in [0.717, 1.165) is 17.7 Å². The molecule has 166 valence electrons. The summed E-state index contributed by atoms with van der Waals surface area (Å²) in [5, 5.41) is 2.82. The highest BCUT2D eigenvalue weighted by Gasteiger charge is 2.21. The fraction of sp³-hybridized carbons (Fsp3) is 0.174. The Labute approximate surface area is 185 Å². The Morgan fingerprint density at radius 2 is 1.66 bits per heavy atom. The summed E-state index contributed by atoms with van der Waals surface area (Å²) < 4.78 is 51.6. The van der Waals surface area contributed by atoms with Gasteiger partial charge in [-0.15, -0.1) is 0 Å². The molecule has 3 aromatic rings. The number of amides is 1. The van der Waals surface area contributed by atoms with Gasteiger partial charge in [0.05, 0.1) is 17.9 Å². The van der Waals surface area contributed by atoms with E-state index in [0.29, 0.717) is 30.3 Å². The number of carbonyl (C=O) groups is 1. The largest absolute Gasteiger partial charge is 0.486 e. The van der Waals surface area contributed by atoms with Crippen LogP contribution in [0.2, 0.25) is 0 Å². The lowest BCUT2D eigenvalue weighted by molar-refractivity contribution is -0.120. The Kier molecular flexibility index (Phi) is 6.27. The highest BCUT2D eigenvalue weighted by molar-refractivity contribution is 7.92. The molecule has 1 atom stereocenters. The standard InChI is InChI=1S/C23H21FN2O5S/c24-17-7-11-20(12-8-17)32(28,29)26-18-9-5-16(6-10-18)13-23(27)25-14-19-15-30-21-3-1-2-4-22(21)31-19/h1-12,19,26H,13-15H2,(H,25,27)/t19-/m0/s1. The fourth-order valence-corrected chi connectivity index (χ4v) is 4.22. The van der Waals surface area contributed by atoms with Gasteiger partial charge in [0.1, 0.15) is 18.5 Å². The third-order valence-electron chi connectivity index (χ3n) is 4.79. The number of anilines is 1. The quantitative estimate of drug-likeness (QED) is 0.570. The lowest BCUT2D eigenvalue weighted by Gasteiger charge is -2.26. The molecule has 9 heteroatoms. The first kappa shape index (κ1) is 21.6. The molecule has 0 unspecified atom stereocenters. The molecule has 32 heavy (non-hydrogen) atoms. The van der Waals surface area contributed by atoms with Gasteiger partial charge in [-0.3, -0.25) is 9.52 Å². The van der Waals surface area contributed by atoms with Crippen molar-refractivity contribution in [3.8, 4) is 11.5 Å². The highest BCUT2D eigenvalue weighted by atomic mass is 32.2. The van der Waals surface area contributed by atoms with Crippen LogP contribution in [0, 0.1) is 5.82 Å². The third kappa shape index (κ3) is 5.36. The molecule has 2 N–H and O–H groups in total. The first-order valence-corrected chi connectivity index (χ1v) is 11.4. The molecular formula is C23H21FN2O5S. The van der Waals surface area contributed by atoms with Crippen molar-refractivity contribution in [3.05, 3.63) is 84.2 Å². The van der Waals surface area contributed by atoms with E-state index in [1.54, 1.807) is 24.3 Å². The van der Waals surface area contributed by atoms with Crippen molar-refractivity contribution in [3.63, 3.8) is 0 Å². The number of fused-ring (bicyclic) bond motifs is 1. The summed E-state index contributed by atoms with van der Waals surface area (Å²) in [4.78, 5) is 12.2. The Hall–Kier alpha value is -3.59. The number of halogens is 1. The topological polar surface area (TPSA) is 93.7 Å². The van der Waals surface area contributed by atoms with Crippen LogP contribution in [0.15, 0.2) is 77.7 Å². The number of sulfonamides is 1. The van der Waals surface area contributed by atoms with Crippen molar-refractivity contribution in [2.45, 2.75) is 17.4 Å². The van der Waals surface area contributed by atoms with Crippen LogP contribution in [-0.4, -0.2) is 33.6 Å². The van der Waals surface area contributed by atoms with Crippen LogP contribution >= 0.6 is 0 Å². The van der Waals surface area contributed by atoms with E-state index < -0.39 is 15.8 Å². The van der Waals surface area contributed by atoms with Crippen LogP contribution in [0.5, 0.6) is 11.5 Å². The first-order chi connectivity index (χ1) is 15.4. The number of para-hydroxylation sites is 2. The van der Waals surface area contributed by atoms with Crippen molar-refractivity contribution in [1.29, 1.82) is 0 Å². The van der Waals surface area contributed by atoms with Crippen molar-refractivity contribution in [2.75, 3.05) is 17.9 Å². The summed E-state index contributed by atoms with van der Waals surface area (Å²) in [6, 6.07) is 18.4. The summed E-state index contributed by atoms with van der Waals surface area (Å²) in [7, 11) is -3.83. The molecule has 0 aromatic heterocycles. The van der Waals surface area contributed by atoms with E-state index in [2.05, 4.69) is 10.0 Å². The molecule has 3 aromatic carbocycles. The van der Waals surface area contributed by atoms with Crippen molar-refractivity contribution < 1.29 is 27.1 Å². The van der Waals surface area contributed by atoms with Crippen LogP contribution in [-0.2, 0) is 21.2 Å².